The number of amides is 1. The predicted molar refractivity (Wildman–Crippen MR) is 82.9 cm³/mol. The maximum atomic E-state index is 11.9. The van der Waals surface area contributed by atoms with Crippen molar-refractivity contribution in [2.75, 3.05) is 0 Å². The number of hydrogen-bond acceptors (Lipinski definition) is 2. The van der Waals surface area contributed by atoms with Crippen molar-refractivity contribution in [1.82, 2.24) is 4.90 Å². The van der Waals surface area contributed by atoms with Crippen LogP contribution in [-0.4, -0.2) is 10.8 Å². The lowest BCUT2D eigenvalue weighted by molar-refractivity contribution is -0.126. The van der Waals surface area contributed by atoms with Crippen molar-refractivity contribution in [2.45, 2.75) is 13.5 Å². The summed E-state index contributed by atoms with van der Waals surface area (Å²) in [7, 11) is 0. The van der Waals surface area contributed by atoms with Crippen molar-refractivity contribution in [2.24, 2.45) is 0 Å². The van der Waals surface area contributed by atoms with Crippen molar-refractivity contribution >= 4 is 11.6 Å². The zero-order valence-corrected chi connectivity index (χ0v) is 11.9. The van der Waals surface area contributed by atoms with Crippen molar-refractivity contribution in [1.29, 1.82) is 5.26 Å². The molecule has 0 spiro atoms. The van der Waals surface area contributed by atoms with Crippen LogP contribution in [0.15, 0.2) is 61.2 Å². The Morgan fingerprint density at radius 1 is 1.14 bits per heavy atom. The Labute approximate surface area is 124 Å². The molecule has 0 saturated carbocycles. The van der Waals surface area contributed by atoms with Crippen molar-refractivity contribution in [3.63, 3.8) is 0 Å². The zero-order chi connectivity index (χ0) is 15.2. The fourth-order valence-corrected chi connectivity index (χ4v) is 2.06. The van der Waals surface area contributed by atoms with Crippen LogP contribution in [0.4, 0.5) is 0 Å². The van der Waals surface area contributed by atoms with Gasteiger partial charge < -0.3 is 4.90 Å². The minimum absolute atomic E-state index is 0.0618. The molecule has 0 heterocycles. The van der Waals surface area contributed by atoms with Gasteiger partial charge in [0.1, 0.15) is 0 Å². The molecule has 0 radical (unpaired) electrons. The van der Waals surface area contributed by atoms with E-state index < -0.39 is 0 Å². The smallest absolute Gasteiger partial charge is 0.224 e. The van der Waals surface area contributed by atoms with Crippen LogP contribution in [0.3, 0.4) is 0 Å². The molecule has 0 unspecified atom stereocenters. The predicted octanol–water partition coefficient (Wildman–Crippen LogP) is 3.58. The molecule has 2 aromatic carbocycles. The van der Waals surface area contributed by atoms with E-state index in [1.54, 1.807) is 17.0 Å². The highest BCUT2D eigenvalue weighted by Crippen LogP contribution is 2.20. The Bertz CT molecular complexity index is 681. The molecule has 0 bridgehead atoms. The molecule has 0 aromatic heterocycles. The van der Waals surface area contributed by atoms with E-state index in [2.05, 4.69) is 12.6 Å². The minimum Gasteiger partial charge on any atom is -0.308 e. The van der Waals surface area contributed by atoms with E-state index in [0.717, 1.165) is 11.1 Å². The van der Waals surface area contributed by atoms with Gasteiger partial charge in [-0.3, -0.25) is 4.79 Å². The minimum atomic E-state index is -0.0618. The third kappa shape index (κ3) is 3.58. The fourth-order valence-electron chi connectivity index (χ4n) is 2.06. The first kappa shape index (κ1) is 14.5. The first-order chi connectivity index (χ1) is 10.1. The lowest BCUT2D eigenvalue weighted by Crippen LogP contribution is -2.26. The van der Waals surface area contributed by atoms with Crippen LogP contribution >= 0.6 is 0 Å². The lowest BCUT2D eigenvalue weighted by Gasteiger charge is -2.23. The van der Waals surface area contributed by atoms with E-state index in [4.69, 9.17) is 5.26 Å². The zero-order valence-electron chi connectivity index (χ0n) is 11.9. The van der Waals surface area contributed by atoms with Gasteiger partial charge in [0.2, 0.25) is 5.91 Å². The molecule has 3 nitrogen and oxygen atoms in total. The van der Waals surface area contributed by atoms with Gasteiger partial charge in [0.25, 0.3) is 0 Å². The number of hydrogen-bond donors (Lipinski definition) is 0. The number of benzene rings is 2. The Balaban J connectivity index is 2.23. The molecule has 0 N–H and O–H groups in total. The summed E-state index contributed by atoms with van der Waals surface area (Å²) >= 11 is 0. The molecule has 0 aliphatic carbocycles. The summed E-state index contributed by atoms with van der Waals surface area (Å²) < 4.78 is 0. The Morgan fingerprint density at radius 2 is 1.76 bits per heavy atom. The molecular formula is C18H16N2O. The van der Waals surface area contributed by atoms with Crippen LogP contribution in [-0.2, 0) is 11.3 Å². The summed E-state index contributed by atoms with van der Waals surface area (Å²) in [6.45, 7) is 6.03. The van der Waals surface area contributed by atoms with Gasteiger partial charge in [-0.05, 0) is 23.3 Å². The van der Waals surface area contributed by atoms with Gasteiger partial charge in [0, 0.05) is 12.6 Å². The molecular weight excluding hydrogens is 260 g/mol. The quantitative estimate of drug-likeness (QED) is 0.856. The maximum Gasteiger partial charge on any atom is 0.224 e. The highest BCUT2D eigenvalue weighted by molar-refractivity contribution is 5.84. The van der Waals surface area contributed by atoms with E-state index in [9.17, 15) is 4.79 Å². The molecule has 0 saturated heterocycles. The molecule has 3 heteroatoms. The Morgan fingerprint density at radius 3 is 2.29 bits per heavy atom. The summed E-state index contributed by atoms with van der Waals surface area (Å²) in [4.78, 5) is 13.5. The van der Waals surface area contributed by atoms with Crippen LogP contribution < -0.4 is 0 Å². The van der Waals surface area contributed by atoms with Crippen LogP contribution in [0.25, 0.3) is 5.70 Å². The third-order valence-electron chi connectivity index (χ3n) is 3.24. The van der Waals surface area contributed by atoms with Crippen LogP contribution in [0.2, 0.25) is 0 Å². The number of carbonyl (C=O) groups excluding carboxylic acids is 1. The summed E-state index contributed by atoms with van der Waals surface area (Å²) in [6.07, 6.45) is 0. The SMILES string of the molecule is C=C(c1ccc(C#N)cc1)N(Cc1ccccc1)C(C)=O. The highest BCUT2D eigenvalue weighted by atomic mass is 16.2. The van der Waals surface area contributed by atoms with Gasteiger partial charge in [-0.2, -0.15) is 5.26 Å². The molecule has 0 atom stereocenters. The summed E-state index contributed by atoms with van der Waals surface area (Å²) in [5.74, 6) is -0.0618. The van der Waals surface area contributed by atoms with Crippen LogP contribution in [0.1, 0.15) is 23.6 Å². The maximum absolute atomic E-state index is 11.9. The molecule has 2 aromatic rings. The Hall–Kier alpha value is -2.86. The Kier molecular flexibility index (Phi) is 4.53. The number of nitrogens with zero attached hydrogens (tertiary/aromatic N) is 2. The van der Waals surface area contributed by atoms with Gasteiger partial charge in [-0.1, -0.05) is 49.0 Å². The molecule has 1 amide bonds. The van der Waals surface area contributed by atoms with E-state index >= 15 is 0 Å². The first-order valence-corrected chi connectivity index (χ1v) is 6.63. The van der Waals surface area contributed by atoms with Crippen molar-refractivity contribution in [3.05, 3.63) is 77.9 Å². The van der Waals surface area contributed by atoms with Gasteiger partial charge in [0.05, 0.1) is 18.2 Å². The molecule has 21 heavy (non-hydrogen) atoms. The molecule has 0 fully saturated rings. The van der Waals surface area contributed by atoms with Gasteiger partial charge >= 0.3 is 0 Å². The van der Waals surface area contributed by atoms with Gasteiger partial charge in [-0.15, -0.1) is 0 Å². The lowest BCUT2D eigenvalue weighted by atomic mass is 10.1. The first-order valence-electron chi connectivity index (χ1n) is 6.63. The van der Waals surface area contributed by atoms with Gasteiger partial charge in [-0.25, -0.2) is 0 Å². The summed E-state index contributed by atoms with van der Waals surface area (Å²) in [6, 6.07) is 18.9. The number of nitriles is 1. The molecule has 0 aliphatic rings. The topological polar surface area (TPSA) is 44.1 Å². The fraction of sp³-hybridized carbons (Fsp3) is 0.111. The van der Waals surface area contributed by atoms with E-state index in [1.807, 2.05) is 42.5 Å². The van der Waals surface area contributed by atoms with E-state index in [1.165, 1.54) is 6.92 Å². The average Bonchev–Trinajstić information content (AvgIpc) is 2.53. The highest BCUT2D eigenvalue weighted by Gasteiger charge is 2.14. The number of carbonyl (C=O) groups is 1. The largest absolute Gasteiger partial charge is 0.308 e. The average molecular weight is 276 g/mol. The standard InChI is InChI=1S/C18H16N2O/c1-14(18-10-8-16(12-19)9-11-18)20(15(2)21)13-17-6-4-3-5-7-17/h3-11H,1,13H2,2H3. The second kappa shape index (κ2) is 6.53. The normalized spacial score (nSPS) is 9.71. The molecule has 104 valence electrons. The molecule has 0 aliphatic heterocycles. The van der Waals surface area contributed by atoms with Crippen LogP contribution in [0.5, 0.6) is 0 Å². The molecule has 2 rings (SSSR count). The number of rotatable bonds is 4. The van der Waals surface area contributed by atoms with Gasteiger partial charge in [0.15, 0.2) is 0 Å². The van der Waals surface area contributed by atoms with Crippen molar-refractivity contribution < 1.29 is 4.79 Å². The monoisotopic (exact) mass is 276 g/mol. The second-order valence-corrected chi connectivity index (χ2v) is 4.73. The summed E-state index contributed by atoms with van der Waals surface area (Å²) in [5, 5.41) is 8.82. The summed E-state index contributed by atoms with van der Waals surface area (Å²) in [5.41, 5.74) is 3.10. The van der Waals surface area contributed by atoms with Crippen molar-refractivity contribution in [3.8, 4) is 6.07 Å². The van der Waals surface area contributed by atoms with Crippen LogP contribution in [0, 0.1) is 11.3 Å². The second-order valence-electron chi connectivity index (χ2n) is 4.73. The van der Waals surface area contributed by atoms with E-state index in [-0.39, 0.29) is 5.91 Å². The van der Waals surface area contributed by atoms with E-state index in [0.29, 0.717) is 17.8 Å². The third-order valence-corrected chi connectivity index (χ3v) is 3.24.